The highest BCUT2D eigenvalue weighted by molar-refractivity contribution is 5.94. The lowest BCUT2D eigenvalue weighted by Crippen LogP contribution is -2.21. The van der Waals surface area contributed by atoms with E-state index in [1.54, 1.807) is 0 Å². The van der Waals surface area contributed by atoms with Crippen LogP contribution in [0, 0.1) is 17.5 Å². The second-order valence-electron chi connectivity index (χ2n) is 5.42. The zero-order chi connectivity index (χ0) is 19.4. The number of anilines is 1. The first kappa shape index (κ1) is 18.2. The van der Waals surface area contributed by atoms with Gasteiger partial charge in [-0.05, 0) is 48.5 Å². The summed E-state index contributed by atoms with van der Waals surface area (Å²) in [5, 5.41) is 2.16. The smallest absolute Gasteiger partial charge is 0.374 e. The van der Waals surface area contributed by atoms with Crippen LogP contribution in [-0.2, 0) is 9.53 Å². The van der Waals surface area contributed by atoms with Crippen molar-refractivity contribution in [2.45, 2.75) is 0 Å². The zero-order valence-electron chi connectivity index (χ0n) is 13.7. The van der Waals surface area contributed by atoms with Gasteiger partial charge < -0.3 is 14.5 Å². The van der Waals surface area contributed by atoms with Crippen LogP contribution in [-0.4, -0.2) is 18.5 Å². The standard InChI is InChI=1S/C19H12F3NO4/c20-12-3-1-11(2-4-12)16-7-8-17(27-16)19(25)26-10-18(24)23-15-6-5-13(21)9-14(15)22/h1-9H,10H2,(H,23,24). The average Bonchev–Trinajstić information content (AvgIpc) is 3.13. The summed E-state index contributed by atoms with van der Waals surface area (Å²) in [6.45, 7) is -0.692. The fourth-order valence-electron chi connectivity index (χ4n) is 2.20. The Morgan fingerprint density at radius 2 is 1.63 bits per heavy atom. The third-order valence-electron chi connectivity index (χ3n) is 3.48. The van der Waals surface area contributed by atoms with Crippen molar-refractivity contribution in [2.24, 2.45) is 0 Å². The first-order valence-electron chi connectivity index (χ1n) is 7.70. The quantitative estimate of drug-likeness (QED) is 0.680. The Bertz CT molecular complexity index is 983. The lowest BCUT2D eigenvalue weighted by atomic mass is 10.2. The summed E-state index contributed by atoms with van der Waals surface area (Å²) < 4.78 is 49.3. The summed E-state index contributed by atoms with van der Waals surface area (Å²) in [5.41, 5.74) is 0.314. The largest absolute Gasteiger partial charge is 0.450 e. The molecule has 0 aliphatic heterocycles. The molecule has 0 unspecified atom stereocenters. The lowest BCUT2D eigenvalue weighted by molar-refractivity contribution is -0.119. The molecule has 3 aromatic rings. The van der Waals surface area contributed by atoms with Crippen molar-refractivity contribution in [3.63, 3.8) is 0 Å². The molecule has 1 N–H and O–H groups in total. The molecule has 0 bridgehead atoms. The Balaban J connectivity index is 1.57. The van der Waals surface area contributed by atoms with Crippen LogP contribution < -0.4 is 5.32 Å². The number of furan rings is 1. The Hall–Kier alpha value is -3.55. The van der Waals surface area contributed by atoms with Crippen molar-refractivity contribution in [3.05, 3.63) is 77.8 Å². The fourth-order valence-corrected chi connectivity index (χ4v) is 2.20. The molecule has 0 fully saturated rings. The van der Waals surface area contributed by atoms with Crippen LogP contribution in [0.2, 0.25) is 0 Å². The number of benzene rings is 2. The van der Waals surface area contributed by atoms with E-state index in [9.17, 15) is 22.8 Å². The lowest BCUT2D eigenvalue weighted by Gasteiger charge is -2.06. The third kappa shape index (κ3) is 4.55. The average molecular weight is 375 g/mol. The fraction of sp³-hybridized carbons (Fsp3) is 0.0526. The maximum Gasteiger partial charge on any atom is 0.374 e. The number of halogens is 3. The molecule has 2 aromatic carbocycles. The van der Waals surface area contributed by atoms with Crippen LogP contribution in [0.15, 0.2) is 59.0 Å². The Kier molecular flexibility index (Phi) is 5.25. The number of ether oxygens (including phenoxy) is 1. The van der Waals surface area contributed by atoms with Crippen molar-refractivity contribution in [1.82, 2.24) is 0 Å². The number of esters is 1. The summed E-state index contributed by atoms with van der Waals surface area (Å²) in [6.07, 6.45) is 0. The van der Waals surface area contributed by atoms with Gasteiger partial charge >= 0.3 is 5.97 Å². The van der Waals surface area contributed by atoms with Crippen molar-refractivity contribution in [3.8, 4) is 11.3 Å². The van der Waals surface area contributed by atoms with E-state index in [1.807, 2.05) is 0 Å². The molecule has 0 saturated heterocycles. The minimum Gasteiger partial charge on any atom is -0.450 e. The number of nitrogens with one attached hydrogen (secondary N) is 1. The normalized spacial score (nSPS) is 10.5. The van der Waals surface area contributed by atoms with Gasteiger partial charge in [-0.2, -0.15) is 0 Å². The van der Waals surface area contributed by atoms with Crippen LogP contribution in [0.25, 0.3) is 11.3 Å². The van der Waals surface area contributed by atoms with Gasteiger partial charge in [-0.3, -0.25) is 4.79 Å². The molecule has 8 heteroatoms. The van der Waals surface area contributed by atoms with E-state index < -0.39 is 35.9 Å². The Morgan fingerprint density at radius 3 is 2.33 bits per heavy atom. The first-order valence-corrected chi connectivity index (χ1v) is 7.70. The molecule has 138 valence electrons. The predicted molar refractivity (Wildman–Crippen MR) is 89.4 cm³/mol. The van der Waals surface area contributed by atoms with E-state index in [0.717, 1.165) is 12.1 Å². The monoisotopic (exact) mass is 375 g/mol. The Labute approximate surface area is 151 Å². The highest BCUT2D eigenvalue weighted by atomic mass is 19.1. The van der Waals surface area contributed by atoms with E-state index in [4.69, 9.17) is 9.15 Å². The van der Waals surface area contributed by atoms with Gasteiger partial charge in [0.25, 0.3) is 5.91 Å². The van der Waals surface area contributed by atoms with Gasteiger partial charge in [0.1, 0.15) is 23.2 Å². The van der Waals surface area contributed by atoms with Gasteiger partial charge in [0.15, 0.2) is 6.61 Å². The summed E-state index contributed by atoms with van der Waals surface area (Å²) in [7, 11) is 0. The van der Waals surface area contributed by atoms with E-state index >= 15 is 0 Å². The third-order valence-corrected chi connectivity index (χ3v) is 3.48. The molecule has 0 aliphatic carbocycles. The number of rotatable bonds is 5. The molecular weight excluding hydrogens is 363 g/mol. The number of hydrogen-bond acceptors (Lipinski definition) is 4. The molecule has 0 spiro atoms. The van der Waals surface area contributed by atoms with Crippen LogP contribution >= 0.6 is 0 Å². The minimum atomic E-state index is -0.954. The first-order chi connectivity index (χ1) is 12.9. The van der Waals surface area contributed by atoms with E-state index in [2.05, 4.69) is 5.32 Å². The molecule has 3 rings (SSSR count). The van der Waals surface area contributed by atoms with Crippen LogP contribution in [0.5, 0.6) is 0 Å². The molecule has 0 atom stereocenters. The molecule has 0 saturated carbocycles. The number of carbonyl (C=O) groups excluding carboxylic acids is 2. The van der Waals surface area contributed by atoms with Crippen molar-refractivity contribution < 1.29 is 31.9 Å². The Morgan fingerprint density at radius 1 is 0.926 bits per heavy atom. The van der Waals surface area contributed by atoms with Gasteiger partial charge in [-0.1, -0.05) is 0 Å². The second kappa shape index (κ2) is 7.77. The van der Waals surface area contributed by atoms with Crippen molar-refractivity contribution >= 4 is 17.6 Å². The molecule has 0 aliphatic rings. The molecule has 0 radical (unpaired) electrons. The predicted octanol–water partition coefficient (Wildman–Crippen LogP) is 4.16. The highest BCUT2D eigenvalue weighted by Crippen LogP contribution is 2.23. The number of carbonyl (C=O) groups is 2. The zero-order valence-corrected chi connectivity index (χ0v) is 13.7. The van der Waals surface area contributed by atoms with Crippen LogP contribution in [0.3, 0.4) is 0 Å². The van der Waals surface area contributed by atoms with Gasteiger partial charge in [-0.15, -0.1) is 0 Å². The number of hydrogen-bond donors (Lipinski definition) is 1. The highest BCUT2D eigenvalue weighted by Gasteiger charge is 2.16. The van der Waals surface area contributed by atoms with Crippen LogP contribution in [0.4, 0.5) is 18.9 Å². The molecule has 1 amide bonds. The molecular formula is C19H12F3NO4. The van der Waals surface area contributed by atoms with Gasteiger partial charge in [-0.25, -0.2) is 18.0 Å². The molecule has 5 nitrogen and oxygen atoms in total. The topological polar surface area (TPSA) is 68.5 Å². The summed E-state index contributed by atoms with van der Waals surface area (Å²) in [6, 6.07) is 10.9. The van der Waals surface area contributed by atoms with E-state index in [0.29, 0.717) is 17.4 Å². The maximum atomic E-state index is 13.5. The molecule has 27 heavy (non-hydrogen) atoms. The van der Waals surface area contributed by atoms with Crippen LogP contribution in [0.1, 0.15) is 10.6 Å². The second-order valence-corrected chi connectivity index (χ2v) is 5.42. The minimum absolute atomic E-state index is 0.157. The van der Waals surface area contributed by atoms with Gasteiger partial charge in [0, 0.05) is 11.6 Å². The van der Waals surface area contributed by atoms with Crippen molar-refractivity contribution in [2.75, 3.05) is 11.9 Å². The SMILES string of the molecule is O=C(COC(=O)c1ccc(-c2ccc(F)cc2)o1)Nc1ccc(F)cc1F. The van der Waals surface area contributed by atoms with E-state index in [-0.39, 0.29) is 11.4 Å². The molecule has 1 aromatic heterocycles. The van der Waals surface area contributed by atoms with E-state index in [1.165, 1.54) is 36.4 Å². The number of amides is 1. The molecule has 1 heterocycles. The van der Waals surface area contributed by atoms with Gasteiger partial charge in [0.05, 0.1) is 5.69 Å². The van der Waals surface area contributed by atoms with Gasteiger partial charge in [0.2, 0.25) is 5.76 Å². The summed E-state index contributed by atoms with van der Waals surface area (Å²) in [5.74, 6) is -3.70. The maximum absolute atomic E-state index is 13.5. The summed E-state index contributed by atoms with van der Waals surface area (Å²) in [4.78, 5) is 23.7. The van der Waals surface area contributed by atoms with Crippen molar-refractivity contribution in [1.29, 1.82) is 0 Å². The summed E-state index contributed by atoms with van der Waals surface area (Å²) >= 11 is 0.